The first kappa shape index (κ1) is 20.2. The molecule has 3 aromatic rings. The molecule has 1 aromatic heterocycles. The standard InChI is InChI=1S/C21H22Cl2N4O/c1-11(2)17-10-18(25-20-13(4)6-5-12(3)19(17)20)26-27(21(24)28)16-8-14(22)7-15(23)9-16/h5-11H,1-4H3,(H2,24,28)(H,25,26). The molecule has 0 atom stereocenters. The van der Waals surface area contributed by atoms with E-state index >= 15 is 0 Å². The van der Waals surface area contributed by atoms with Crippen LogP contribution in [-0.4, -0.2) is 11.0 Å². The summed E-state index contributed by atoms with van der Waals surface area (Å²) in [6.07, 6.45) is 0. The number of aromatic nitrogens is 1. The van der Waals surface area contributed by atoms with Gasteiger partial charge in [0.05, 0.1) is 11.2 Å². The molecular weight excluding hydrogens is 395 g/mol. The van der Waals surface area contributed by atoms with Crippen molar-refractivity contribution in [3.05, 3.63) is 63.1 Å². The van der Waals surface area contributed by atoms with Gasteiger partial charge in [0.25, 0.3) is 0 Å². The quantitative estimate of drug-likeness (QED) is 0.497. The van der Waals surface area contributed by atoms with E-state index in [2.05, 4.69) is 32.3 Å². The molecule has 28 heavy (non-hydrogen) atoms. The van der Waals surface area contributed by atoms with Crippen molar-refractivity contribution in [3.63, 3.8) is 0 Å². The van der Waals surface area contributed by atoms with Crippen molar-refractivity contribution in [1.82, 2.24) is 4.98 Å². The SMILES string of the molecule is Cc1ccc(C)c2c(C(C)C)cc(NN(C(N)=O)c3cc(Cl)cc(Cl)c3)nc12. The highest BCUT2D eigenvalue weighted by Crippen LogP contribution is 2.32. The number of halogens is 2. The molecule has 0 saturated carbocycles. The maximum atomic E-state index is 12.1. The van der Waals surface area contributed by atoms with Crippen LogP contribution in [0, 0.1) is 13.8 Å². The number of nitrogens with two attached hydrogens (primary N) is 1. The molecule has 146 valence electrons. The number of hydrogen-bond acceptors (Lipinski definition) is 3. The fraction of sp³-hybridized carbons (Fsp3) is 0.238. The van der Waals surface area contributed by atoms with E-state index in [1.807, 2.05) is 19.1 Å². The number of benzene rings is 2. The van der Waals surface area contributed by atoms with E-state index in [1.54, 1.807) is 18.2 Å². The van der Waals surface area contributed by atoms with E-state index in [4.69, 9.17) is 33.9 Å². The first-order valence-electron chi connectivity index (χ1n) is 8.90. The number of pyridine rings is 1. The minimum absolute atomic E-state index is 0.272. The molecule has 0 spiro atoms. The average Bonchev–Trinajstić information content (AvgIpc) is 2.61. The number of nitrogens with zero attached hydrogens (tertiary/aromatic N) is 2. The number of aryl methyl sites for hydroxylation is 2. The van der Waals surface area contributed by atoms with Gasteiger partial charge in [0.1, 0.15) is 5.82 Å². The van der Waals surface area contributed by atoms with Gasteiger partial charge in [-0.2, -0.15) is 0 Å². The molecule has 0 unspecified atom stereocenters. The number of hydrogen-bond donors (Lipinski definition) is 2. The third-order valence-corrected chi connectivity index (χ3v) is 5.01. The van der Waals surface area contributed by atoms with E-state index in [1.165, 1.54) is 5.01 Å². The Balaban J connectivity index is 2.14. The Kier molecular flexibility index (Phi) is 5.68. The Morgan fingerprint density at radius 2 is 1.68 bits per heavy atom. The van der Waals surface area contributed by atoms with Crippen molar-refractivity contribution in [1.29, 1.82) is 0 Å². The number of amides is 2. The van der Waals surface area contributed by atoms with Gasteiger partial charge in [-0.25, -0.2) is 14.8 Å². The predicted molar refractivity (Wildman–Crippen MR) is 117 cm³/mol. The Morgan fingerprint density at radius 3 is 2.25 bits per heavy atom. The van der Waals surface area contributed by atoms with E-state index in [0.717, 1.165) is 27.6 Å². The van der Waals surface area contributed by atoms with Gasteiger partial charge in [-0.1, -0.05) is 49.2 Å². The molecule has 2 amide bonds. The molecule has 0 aliphatic carbocycles. The van der Waals surface area contributed by atoms with Gasteiger partial charge < -0.3 is 5.73 Å². The first-order chi connectivity index (χ1) is 13.2. The summed E-state index contributed by atoms with van der Waals surface area (Å²) in [5, 5.41) is 3.12. The fourth-order valence-electron chi connectivity index (χ4n) is 3.22. The van der Waals surface area contributed by atoms with Crippen molar-refractivity contribution in [2.45, 2.75) is 33.6 Å². The summed E-state index contributed by atoms with van der Waals surface area (Å²) in [6, 6.07) is 10.2. The Morgan fingerprint density at radius 1 is 1.07 bits per heavy atom. The zero-order valence-corrected chi connectivity index (χ0v) is 17.7. The number of anilines is 2. The number of urea groups is 1. The van der Waals surface area contributed by atoms with Gasteiger partial charge in [0.2, 0.25) is 0 Å². The second-order valence-electron chi connectivity index (χ2n) is 7.09. The molecule has 0 saturated heterocycles. The molecule has 7 heteroatoms. The van der Waals surface area contributed by atoms with E-state index in [-0.39, 0.29) is 5.92 Å². The first-order valence-corrected chi connectivity index (χ1v) is 9.66. The molecule has 0 aliphatic rings. The van der Waals surface area contributed by atoms with Crippen LogP contribution < -0.4 is 16.2 Å². The Hall–Kier alpha value is -2.50. The van der Waals surface area contributed by atoms with Crippen LogP contribution in [0.1, 0.15) is 36.5 Å². The van der Waals surface area contributed by atoms with Crippen molar-refractivity contribution in [3.8, 4) is 0 Å². The second kappa shape index (κ2) is 7.86. The third kappa shape index (κ3) is 4.01. The molecule has 0 bridgehead atoms. The summed E-state index contributed by atoms with van der Waals surface area (Å²) in [5.41, 5.74) is 13.3. The number of hydrazine groups is 1. The second-order valence-corrected chi connectivity index (χ2v) is 7.96. The van der Waals surface area contributed by atoms with E-state index < -0.39 is 6.03 Å². The molecule has 0 fully saturated rings. The summed E-state index contributed by atoms with van der Waals surface area (Å²) >= 11 is 12.2. The molecule has 5 nitrogen and oxygen atoms in total. The maximum Gasteiger partial charge on any atom is 0.338 e. The minimum Gasteiger partial charge on any atom is -0.350 e. The van der Waals surface area contributed by atoms with Crippen molar-refractivity contribution < 1.29 is 4.79 Å². The van der Waals surface area contributed by atoms with Crippen LogP contribution in [0.15, 0.2) is 36.4 Å². The number of rotatable bonds is 4. The molecule has 1 heterocycles. The number of carbonyl (C=O) groups is 1. The van der Waals surface area contributed by atoms with Gasteiger partial charge in [0.15, 0.2) is 0 Å². The predicted octanol–water partition coefficient (Wildman–Crippen LogP) is 6.19. The van der Waals surface area contributed by atoms with Crippen LogP contribution in [0.25, 0.3) is 10.9 Å². The molecule has 3 N–H and O–H groups in total. The topological polar surface area (TPSA) is 71.2 Å². The van der Waals surface area contributed by atoms with Crippen LogP contribution in [0.4, 0.5) is 16.3 Å². The van der Waals surface area contributed by atoms with Gasteiger partial charge >= 0.3 is 6.03 Å². The number of primary amides is 1. The number of fused-ring (bicyclic) bond motifs is 1. The molecule has 3 rings (SSSR count). The van der Waals surface area contributed by atoms with E-state index in [9.17, 15) is 4.79 Å². The lowest BCUT2D eigenvalue weighted by molar-refractivity contribution is 0.255. The lowest BCUT2D eigenvalue weighted by Gasteiger charge is -2.24. The third-order valence-electron chi connectivity index (χ3n) is 4.58. The molecule has 2 aromatic carbocycles. The maximum absolute atomic E-state index is 12.1. The summed E-state index contributed by atoms with van der Waals surface area (Å²) in [5.74, 6) is 0.786. The molecular formula is C21H22Cl2N4O. The van der Waals surface area contributed by atoms with Gasteiger partial charge in [-0.3, -0.25) is 5.43 Å². The largest absolute Gasteiger partial charge is 0.350 e. The zero-order chi connectivity index (χ0) is 20.6. The summed E-state index contributed by atoms with van der Waals surface area (Å²) in [4.78, 5) is 16.8. The zero-order valence-electron chi connectivity index (χ0n) is 16.2. The highest BCUT2D eigenvalue weighted by molar-refractivity contribution is 6.35. The van der Waals surface area contributed by atoms with Gasteiger partial charge in [0, 0.05) is 15.4 Å². The molecule has 0 radical (unpaired) electrons. The van der Waals surface area contributed by atoms with Crippen LogP contribution >= 0.6 is 23.2 Å². The summed E-state index contributed by atoms with van der Waals surface area (Å²) in [6.45, 7) is 8.35. The smallest absolute Gasteiger partial charge is 0.338 e. The monoisotopic (exact) mass is 416 g/mol. The van der Waals surface area contributed by atoms with Crippen LogP contribution in [-0.2, 0) is 0 Å². The van der Waals surface area contributed by atoms with Crippen molar-refractivity contribution in [2.75, 3.05) is 10.4 Å². The van der Waals surface area contributed by atoms with E-state index in [0.29, 0.717) is 21.6 Å². The highest BCUT2D eigenvalue weighted by atomic mass is 35.5. The number of nitrogens with one attached hydrogen (secondary N) is 1. The van der Waals surface area contributed by atoms with Crippen LogP contribution in [0.3, 0.4) is 0 Å². The van der Waals surface area contributed by atoms with Crippen LogP contribution in [0.5, 0.6) is 0 Å². The summed E-state index contributed by atoms with van der Waals surface area (Å²) < 4.78 is 0. The van der Waals surface area contributed by atoms with Gasteiger partial charge in [-0.05, 0) is 60.7 Å². The highest BCUT2D eigenvalue weighted by Gasteiger charge is 2.18. The molecule has 0 aliphatic heterocycles. The fourth-order valence-corrected chi connectivity index (χ4v) is 3.73. The average molecular weight is 417 g/mol. The lowest BCUT2D eigenvalue weighted by atomic mass is 9.94. The lowest BCUT2D eigenvalue weighted by Crippen LogP contribution is -2.40. The van der Waals surface area contributed by atoms with Crippen LogP contribution in [0.2, 0.25) is 10.0 Å². The minimum atomic E-state index is -0.702. The van der Waals surface area contributed by atoms with Crippen molar-refractivity contribution >= 4 is 51.6 Å². The normalized spacial score (nSPS) is 11.1. The Labute approximate surface area is 174 Å². The number of carbonyl (C=O) groups excluding carboxylic acids is 1. The van der Waals surface area contributed by atoms with Crippen molar-refractivity contribution in [2.24, 2.45) is 5.73 Å². The van der Waals surface area contributed by atoms with Gasteiger partial charge in [-0.15, -0.1) is 0 Å². The summed E-state index contributed by atoms with van der Waals surface area (Å²) in [7, 11) is 0. The Bertz CT molecular complexity index is 1050.